The van der Waals surface area contributed by atoms with Crippen LogP contribution in [0.1, 0.15) is 0 Å². The van der Waals surface area contributed by atoms with Crippen molar-refractivity contribution in [1.82, 2.24) is 5.32 Å². The minimum Gasteiger partial charge on any atom is -0.325 e. The number of halogens is 1. The summed E-state index contributed by atoms with van der Waals surface area (Å²) in [5, 5.41) is 5.49. The minimum absolute atomic E-state index is 0.163. The second-order valence-electron chi connectivity index (χ2n) is 2.97. The first-order valence-corrected chi connectivity index (χ1v) is 4.59. The fraction of sp³-hybridized carbons (Fsp3) is 0.182. The summed E-state index contributed by atoms with van der Waals surface area (Å²) in [5.41, 5.74) is 0.585. The van der Waals surface area contributed by atoms with Crippen LogP contribution in [0.4, 0.5) is 10.1 Å². The summed E-state index contributed by atoms with van der Waals surface area (Å²) in [6.07, 6.45) is 1.67. The molecule has 0 saturated carbocycles. The average molecular weight is 208 g/mol. The second kappa shape index (κ2) is 5.93. The van der Waals surface area contributed by atoms with E-state index in [2.05, 4.69) is 17.2 Å². The summed E-state index contributed by atoms with van der Waals surface area (Å²) >= 11 is 0. The maximum atomic E-state index is 12.5. The predicted octanol–water partition coefficient (Wildman–Crippen LogP) is 1.54. The van der Waals surface area contributed by atoms with E-state index >= 15 is 0 Å². The highest BCUT2D eigenvalue weighted by molar-refractivity contribution is 5.92. The Hall–Kier alpha value is -1.68. The molecule has 0 heterocycles. The van der Waals surface area contributed by atoms with Crippen molar-refractivity contribution in [3.8, 4) is 0 Å². The maximum Gasteiger partial charge on any atom is 0.238 e. The van der Waals surface area contributed by atoms with Crippen molar-refractivity contribution in [2.24, 2.45) is 0 Å². The largest absolute Gasteiger partial charge is 0.325 e. The van der Waals surface area contributed by atoms with Crippen molar-refractivity contribution >= 4 is 11.6 Å². The SMILES string of the molecule is C=CCNCC(=O)Nc1ccc(F)cc1. The van der Waals surface area contributed by atoms with E-state index in [-0.39, 0.29) is 18.3 Å². The summed E-state index contributed by atoms with van der Waals surface area (Å²) in [7, 11) is 0. The third-order valence-corrected chi connectivity index (χ3v) is 1.70. The van der Waals surface area contributed by atoms with Crippen LogP contribution in [0, 0.1) is 5.82 Å². The molecule has 0 unspecified atom stereocenters. The van der Waals surface area contributed by atoms with Crippen LogP contribution >= 0.6 is 0 Å². The van der Waals surface area contributed by atoms with Crippen molar-refractivity contribution in [2.45, 2.75) is 0 Å². The van der Waals surface area contributed by atoms with Crippen molar-refractivity contribution < 1.29 is 9.18 Å². The highest BCUT2D eigenvalue weighted by Gasteiger charge is 2.00. The van der Waals surface area contributed by atoms with Gasteiger partial charge in [0.05, 0.1) is 6.54 Å². The molecule has 0 radical (unpaired) electrons. The van der Waals surface area contributed by atoms with Crippen LogP contribution in [0.5, 0.6) is 0 Å². The topological polar surface area (TPSA) is 41.1 Å². The molecule has 4 heteroatoms. The van der Waals surface area contributed by atoms with Gasteiger partial charge in [-0.1, -0.05) is 6.08 Å². The van der Waals surface area contributed by atoms with Crippen LogP contribution in [-0.2, 0) is 4.79 Å². The molecule has 3 nitrogen and oxygen atoms in total. The van der Waals surface area contributed by atoms with Crippen LogP contribution in [0.15, 0.2) is 36.9 Å². The zero-order chi connectivity index (χ0) is 11.1. The number of amides is 1. The molecule has 0 spiro atoms. The summed E-state index contributed by atoms with van der Waals surface area (Å²) in [4.78, 5) is 11.3. The molecule has 1 amide bonds. The monoisotopic (exact) mass is 208 g/mol. The van der Waals surface area contributed by atoms with Gasteiger partial charge >= 0.3 is 0 Å². The molecule has 15 heavy (non-hydrogen) atoms. The molecule has 1 aromatic carbocycles. The Morgan fingerprint density at radius 1 is 1.40 bits per heavy atom. The van der Waals surface area contributed by atoms with Crippen molar-refractivity contribution in [2.75, 3.05) is 18.4 Å². The maximum absolute atomic E-state index is 12.5. The molecule has 0 saturated heterocycles. The van der Waals surface area contributed by atoms with Gasteiger partial charge in [-0.25, -0.2) is 4.39 Å². The Bertz CT molecular complexity index is 335. The van der Waals surface area contributed by atoms with Gasteiger partial charge in [0.1, 0.15) is 5.82 Å². The summed E-state index contributed by atoms with van der Waals surface area (Å²) < 4.78 is 12.5. The quantitative estimate of drug-likeness (QED) is 0.569. The van der Waals surface area contributed by atoms with Crippen molar-refractivity contribution in [1.29, 1.82) is 0 Å². The van der Waals surface area contributed by atoms with Gasteiger partial charge in [-0.2, -0.15) is 0 Å². The Morgan fingerprint density at radius 2 is 2.07 bits per heavy atom. The molecular formula is C11H13FN2O. The van der Waals surface area contributed by atoms with Gasteiger partial charge in [0.2, 0.25) is 5.91 Å². The lowest BCUT2D eigenvalue weighted by atomic mass is 10.3. The number of rotatable bonds is 5. The van der Waals surface area contributed by atoms with Crippen LogP contribution < -0.4 is 10.6 Å². The van der Waals surface area contributed by atoms with Crippen LogP contribution in [0.3, 0.4) is 0 Å². The summed E-state index contributed by atoms with van der Waals surface area (Å²) in [5.74, 6) is -0.485. The molecule has 0 aliphatic heterocycles. The molecule has 0 aliphatic carbocycles. The van der Waals surface area contributed by atoms with Crippen LogP contribution in [0.25, 0.3) is 0 Å². The van der Waals surface area contributed by atoms with E-state index in [0.717, 1.165) is 0 Å². The first-order valence-electron chi connectivity index (χ1n) is 4.59. The number of hydrogen-bond acceptors (Lipinski definition) is 2. The van der Waals surface area contributed by atoms with E-state index in [9.17, 15) is 9.18 Å². The summed E-state index contributed by atoms with van der Waals surface area (Å²) in [6.45, 7) is 4.31. The van der Waals surface area contributed by atoms with Gasteiger partial charge in [-0.3, -0.25) is 4.79 Å². The van der Waals surface area contributed by atoms with E-state index < -0.39 is 0 Å². The molecule has 0 atom stereocenters. The molecule has 0 bridgehead atoms. The van der Waals surface area contributed by atoms with Gasteiger partial charge in [0.25, 0.3) is 0 Å². The zero-order valence-corrected chi connectivity index (χ0v) is 8.29. The molecule has 0 fully saturated rings. The van der Waals surface area contributed by atoms with Crippen molar-refractivity contribution in [3.05, 3.63) is 42.7 Å². The number of hydrogen-bond donors (Lipinski definition) is 2. The van der Waals surface area contributed by atoms with Gasteiger partial charge < -0.3 is 10.6 Å². The van der Waals surface area contributed by atoms with Crippen molar-refractivity contribution in [3.63, 3.8) is 0 Å². The molecule has 1 rings (SSSR count). The lowest BCUT2D eigenvalue weighted by molar-refractivity contribution is -0.115. The van der Waals surface area contributed by atoms with Gasteiger partial charge in [0.15, 0.2) is 0 Å². The number of carbonyl (C=O) groups excluding carboxylic acids is 1. The van der Waals surface area contributed by atoms with Gasteiger partial charge in [-0.15, -0.1) is 6.58 Å². The number of nitrogens with one attached hydrogen (secondary N) is 2. The first kappa shape index (κ1) is 11.4. The lowest BCUT2D eigenvalue weighted by Crippen LogP contribution is -2.28. The Morgan fingerprint density at radius 3 is 2.67 bits per heavy atom. The van der Waals surface area contributed by atoms with E-state index in [4.69, 9.17) is 0 Å². The minimum atomic E-state index is -0.321. The second-order valence-corrected chi connectivity index (χ2v) is 2.97. The fourth-order valence-corrected chi connectivity index (χ4v) is 1.03. The number of anilines is 1. The van der Waals surface area contributed by atoms with Gasteiger partial charge in [-0.05, 0) is 24.3 Å². The molecule has 2 N–H and O–H groups in total. The van der Waals surface area contributed by atoms with E-state index in [1.54, 1.807) is 6.08 Å². The molecule has 80 valence electrons. The van der Waals surface area contributed by atoms with Crippen LogP contribution in [-0.4, -0.2) is 19.0 Å². The third kappa shape index (κ3) is 4.37. The number of benzene rings is 1. The van der Waals surface area contributed by atoms with Gasteiger partial charge in [0, 0.05) is 12.2 Å². The standard InChI is InChI=1S/C11H13FN2O/c1-2-7-13-8-11(15)14-10-5-3-9(12)4-6-10/h2-6,13H,1,7-8H2,(H,14,15). The predicted molar refractivity (Wildman–Crippen MR) is 58.1 cm³/mol. The third-order valence-electron chi connectivity index (χ3n) is 1.70. The Kier molecular flexibility index (Phi) is 4.50. The smallest absolute Gasteiger partial charge is 0.238 e. The fourth-order valence-electron chi connectivity index (χ4n) is 1.03. The highest BCUT2D eigenvalue weighted by atomic mass is 19.1. The lowest BCUT2D eigenvalue weighted by Gasteiger charge is -2.04. The average Bonchev–Trinajstić information content (AvgIpc) is 2.22. The zero-order valence-electron chi connectivity index (χ0n) is 8.29. The normalized spacial score (nSPS) is 9.67. The first-order chi connectivity index (χ1) is 7.22. The Labute approximate surface area is 88.0 Å². The molecule has 1 aromatic rings. The Balaban J connectivity index is 2.37. The van der Waals surface area contributed by atoms with Crippen LogP contribution in [0.2, 0.25) is 0 Å². The van der Waals surface area contributed by atoms with E-state index in [1.807, 2.05) is 0 Å². The van der Waals surface area contributed by atoms with E-state index in [1.165, 1.54) is 24.3 Å². The molecular weight excluding hydrogens is 195 g/mol. The molecule has 0 aromatic heterocycles. The van der Waals surface area contributed by atoms with E-state index in [0.29, 0.717) is 12.2 Å². The summed E-state index contributed by atoms with van der Waals surface area (Å²) in [6, 6.07) is 5.63. The highest BCUT2D eigenvalue weighted by Crippen LogP contribution is 2.07. The molecule has 0 aliphatic rings. The number of carbonyl (C=O) groups is 1.